The Bertz CT molecular complexity index is 1130. The summed E-state index contributed by atoms with van der Waals surface area (Å²) in [5.74, 6) is -1.12. The van der Waals surface area contributed by atoms with Gasteiger partial charge >= 0.3 is 11.8 Å². The van der Waals surface area contributed by atoms with Crippen LogP contribution in [0.5, 0.6) is 11.5 Å². The van der Waals surface area contributed by atoms with Gasteiger partial charge < -0.3 is 24.8 Å². The predicted octanol–water partition coefficient (Wildman–Crippen LogP) is 2.77. The predicted molar refractivity (Wildman–Crippen MR) is 140 cm³/mol. The highest BCUT2D eigenvalue weighted by atomic mass is 16.5. The van der Waals surface area contributed by atoms with Crippen molar-refractivity contribution in [2.24, 2.45) is 5.10 Å². The van der Waals surface area contributed by atoms with E-state index < -0.39 is 11.8 Å². The summed E-state index contributed by atoms with van der Waals surface area (Å²) in [4.78, 5) is 36.4. The molecule has 1 aliphatic rings. The Kier molecular flexibility index (Phi) is 10.0. The van der Waals surface area contributed by atoms with E-state index >= 15 is 0 Å². The first-order chi connectivity index (χ1) is 17.8. The maximum atomic E-state index is 12.5. The molecule has 3 rings (SSSR count). The molecule has 1 heterocycles. The van der Waals surface area contributed by atoms with Gasteiger partial charge in [-0.15, -0.1) is 0 Å². The zero-order valence-electron chi connectivity index (χ0n) is 21.7. The number of hydrogen-bond donors (Lipinski definition) is 3. The smallest absolute Gasteiger partial charge is 0.329 e. The van der Waals surface area contributed by atoms with Crippen molar-refractivity contribution in [3.05, 3.63) is 52.6 Å². The molecule has 2 aromatic rings. The Balaban J connectivity index is 1.54. The number of carbonyl (C=O) groups is 3. The number of hydrazone groups is 1. The fourth-order valence-corrected chi connectivity index (χ4v) is 4.00. The second kappa shape index (κ2) is 13.4. The van der Waals surface area contributed by atoms with E-state index in [4.69, 9.17) is 14.2 Å². The zero-order chi connectivity index (χ0) is 26.8. The molecular formula is C27H34N4O6. The Morgan fingerprint density at radius 3 is 2.49 bits per heavy atom. The number of nitrogens with zero attached hydrogens (tertiary/aromatic N) is 1. The molecule has 2 aromatic carbocycles. The lowest BCUT2D eigenvalue weighted by atomic mass is 10.1. The van der Waals surface area contributed by atoms with Gasteiger partial charge in [0.2, 0.25) is 0 Å². The van der Waals surface area contributed by atoms with Gasteiger partial charge in [-0.25, -0.2) is 5.43 Å². The summed E-state index contributed by atoms with van der Waals surface area (Å²) in [6.45, 7) is 8.88. The number of anilines is 1. The van der Waals surface area contributed by atoms with Gasteiger partial charge in [-0.05, 0) is 75.4 Å². The van der Waals surface area contributed by atoms with Gasteiger partial charge in [0, 0.05) is 18.8 Å². The van der Waals surface area contributed by atoms with Crippen LogP contribution in [0.4, 0.5) is 5.69 Å². The molecule has 1 fully saturated rings. The van der Waals surface area contributed by atoms with Crippen molar-refractivity contribution in [3.8, 4) is 11.5 Å². The fraction of sp³-hybridized carbons (Fsp3) is 0.407. The van der Waals surface area contributed by atoms with E-state index in [9.17, 15) is 14.4 Å². The van der Waals surface area contributed by atoms with E-state index in [0.29, 0.717) is 30.3 Å². The number of benzene rings is 2. The quantitative estimate of drug-likeness (QED) is 0.256. The molecule has 37 heavy (non-hydrogen) atoms. The summed E-state index contributed by atoms with van der Waals surface area (Å²) in [6.07, 6.45) is 3.14. The van der Waals surface area contributed by atoms with Gasteiger partial charge in [0.05, 0.1) is 18.9 Å². The molecule has 3 amide bonds. The number of nitrogens with one attached hydrogen (secondary N) is 3. The van der Waals surface area contributed by atoms with E-state index in [-0.39, 0.29) is 25.2 Å². The molecule has 3 N–H and O–H groups in total. The Morgan fingerprint density at radius 1 is 1.05 bits per heavy atom. The first-order valence-electron chi connectivity index (χ1n) is 12.3. The summed E-state index contributed by atoms with van der Waals surface area (Å²) < 4.78 is 16.8. The van der Waals surface area contributed by atoms with Crippen LogP contribution in [0.15, 0.2) is 35.4 Å². The highest BCUT2D eigenvalue weighted by molar-refractivity contribution is 6.35. The summed E-state index contributed by atoms with van der Waals surface area (Å²) in [6, 6.07) is 9.03. The lowest BCUT2D eigenvalue weighted by Crippen LogP contribution is -2.41. The normalized spacial score (nSPS) is 14.9. The second-order valence-corrected chi connectivity index (χ2v) is 8.79. The first-order valence-corrected chi connectivity index (χ1v) is 12.3. The molecule has 0 unspecified atom stereocenters. The van der Waals surface area contributed by atoms with Gasteiger partial charge in [-0.1, -0.05) is 17.7 Å². The molecule has 0 radical (unpaired) electrons. The molecule has 0 saturated carbocycles. The minimum atomic E-state index is -0.871. The van der Waals surface area contributed by atoms with E-state index in [1.165, 1.54) is 6.21 Å². The van der Waals surface area contributed by atoms with Gasteiger partial charge in [0.15, 0.2) is 18.1 Å². The van der Waals surface area contributed by atoms with Gasteiger partial charge in [-0.3, -0.25) is 14.4 Å². The van der Waals surface area contributed by atoms with Crippen LogP contribution in [-0.4, -0.2) is 56.4 Å². The molecule has 10 heteroatoms. The molecule has 1 atom stereocenters. The minimum Gasteiger partial charge on any atom is -0.490 e. The highest BCUT2D eigenvalue weighted by Crippen LogP contribution is 2.28. The summed E-state index contributed by atoms with van der Waals surface area (Å²) in [5.41, 5.74) is 6.68. The first kappa shape index (κ1) is 27.7. The van der Waals surface area contributed by atoms with E-state index in [0.717, 1.165) is 35.2 Å². The molecule has 0 aliphatic carbocycles. The number of rotatable bonds is 10. The molecule has 1 saturated heterocycles. The number of carbonyl (C=O) groups excluding carboxylic acids is 3. The van der Waals surface area contributed by atoms with Crippen LogP contribution in [0.1, 0.15) is 42.0 Å². The summed E-state index contributed by atoms with van der Waals surface area (Å²) in [5, 5.41) is 9.28. The van der Waals surface area contributed by atoms with Crippen molar-refractivity contribution in [2.75, 3.05) is 31.7 Å². The van der Waals surface area contributed by atoms with Crippen LogP contribution < -0.4 is 25.5 Å². The topological polar surface area (TPSA) is 127 Å². The van der Waals surface area contributed by atoms with Crippen LogP contribution in [0.25, 0.3) is 0 Å². The van der Waals surface area contributed by atoms with E-state index in [1.54, 1.807) is 18.2 Å². The van der Waals surface area contributed by atoms with Crippen LogP contribution in [0.2, 0.25) is 0 Å². The summed E-state index contributed by atoms with van der Waals surface area (Å²) in [7, 11) is 0. The maximum Gasteiger partial charge on any atom is 0.329 e. The second-order valence-electron chi connectivity index (χ2n) is 8.79. The largest absolute Gasteiger partial charge is 0.490 e. The number of aryl methyl sites for hydroxylation is 3. The maximum absolute atomic E-state index is 12.5. The third kappa shape index (κ3) is 8.32. The van der Waals surface area contributed by atoms with Crippen molar-refractivity contribution in [1.29, 1.82) is 0 Å². The molecule has 1 aliphatic heterocycles. The average Bonchev–Trinajstić information content (AvgIpc) is 3.38. The Labute approximate surface area is 216 Å². The lowest BCUT2D eigenvalue weighted by Gasteiger charge is -2.15. The van der Waals surface area contributed by atoms with Gasteiger partial charge in [-0.2, -0.15) is 5.10 Å². The Morgan fingerprint density at radius 2 is 1.81 bits per heavy atom. The third-order valence-electron chi connectivity index (χ3n) is 5.67. The van der Waals surface area contributed by atoms with E-state index in [2.05, 4.69) is 21.2 Å². The molecule has 198 valence electrons. The molecule has 0 aromatic heterocycles. The Hall–Kier alpha value is -3.92. The van der Waals surface area contributed by atoms with Gasteiger partial charge in [0.1, 0.15) is 0 Å². The van der Waals surface area contributed by atoms with Crippen LogP contribution in [0, 0.1) is 20.8 Å². The third-order valence-corrected chi connectivity index (χ3v) is 5.67. The fourth-order valence-electron chi connectivity index (χ4n) is 4.00. The van der Waals surface area contributed by atoms with Crippen molar-refractivity contribution >= 4 is 29.6 Å². The average molecular weight is 511 g/mol. The summed E-state index contributed by atoms with van der Waals surface area (Å²) >= 11 is 0. The van der Waals surface area contributed by atoms with Crippen molar-refractivity contribution in [2.45, 2.75) is 46.6 Å². The molecule has 10 nitrogen and oxygen atoms in total. The molecule has 0 spiro atoms. The van der Waals surface area contributed by atoms with E-state index in [1.807, 2.05) is 39.8 Å². The number of amides is 3. The standard InChI is InChI=1S/C27H34N4O6/c1-5-35-23-13-20(14-29-31-27(34)26(33)28-15-21-7-6-10-36-21)8-9-22(23)37-16-24(32)30-25-18(3)11-17(2)12-19(25)4/h8-9,11-14,21H,5-7,10,15-16H2,1-4H3,(H,28,33)(H,30,32)(H,31,34)/b29-14-/t21-/m1/s1. The minimum absolute atomic E-state index is 0.0557. The monoisotopic (exact) mass is 510 g/mol. The molecular weight excluding hydrogens is 476 g/mol. The van der Waals surface area contributed by atoms with Crippen molar-refractivity contribution in [1.82, 2.24) is 10.7 Å². The van der Waals surface area contributed by atoms with Crippen LogP contribution >= 0.6 is 0 Å². The van der Waals surface area contributed by atoms with Crippen molar-refractivity contribution in [3.63, 3.8) is 0 Å². The highest BCUT2D eigenvalue weighted by Gasteiger charge is 2.19. The number of hydrogen-bond acceptors (Lipinski definition) is 7. The van der Waals surface area contributed by atoms with Crippen LogP contribution in [-0.2, 0) is 19.1 Å². The number of ether oxygens (including phenoxy) is 3. The lowest BCUT2D eigenvalue weighted by molar-refractivity contribution is -0.139. The van der Waals surface area contributed by atoms with Crippen LogP contribution in [0.3, 0.4) is 0 Å². The molecule has 0 bridgehead atoms. The zero-order valence-corrected chi connectivity index (χ0v) is 21.7. The SMILES string of the molecule is CCOc1cc(/C=N\NC(=O)C(=O)NC[C@H]2CCCO2)ccc1OCC(=O)Nc1c(C)cc(C)cc1C. The van der Waals surface area contributed by atoms with Gasteiger partial charge in [0.25, 0.3) is 5.91 Å². The van der Waals surface area contributed by atoms with Crippen molar-refractivity contribution < 1.29 is 28.6 Å².